The second-order valence-electron chi connectivity index (χ2n) is 6.72. The van der Waals surface area contributed by atoms with Crippen molar-refractivity contribution in [3.63, 3.8) is 0 Å². The summed E-state index contributed by atoms with van der Waals surface area (Å²) in [6.45, 7) is -0.348. The van der Waals surface area contributed by atoms with E-state index < -0.39 is 29.5 Å². The minimum absolute atomic E-state index is 0.0280. The number of aromatic nitrogens is 2. The zero-order chi connectivity index (χ0) is 24.2. The Bertz CT molecular complexity index is 1210. The summed E-state index contributed by atoms with van der Waals surface area (Å²) >= 11 is 0. The fraction of sp³-hybridized carbons (Fsp3) is 0.143. The van der Waals surface area contributed by atoms with E-state index in [4.69, 9.17) is 10.5 Å². The number of carbonyl (C=O) groups excluding carboxylic acids is 3. The van der Waals surface area contributed by atoms with Crippen molar-refractivity contribution in [3.8, 4) is 11.4 Å². The molecule has 0 aliphatic carbocycles. The van der Waals surface area contributed by atoms with Gasteiger partial charge in [0, 0.05) is 11.3 Å². The Morgan fingerprint density at radius 1 is 1.09 bits per heavy atom. The van der Waals surface area contributed by atoms with Crippen LogP contribution in [0.25, 0.3) is 5.69 Å². The molecule has 0 unspecified atom stereocenters. The SMILES string of the molecule is COc1cn(-c2cccc(C(F)(F)F)c2)nc1C(=O)Nc1cccc(C(=O)NCC(N)=O)c1. The Hall–Kier alpha value is -4.35. The van der Waals surface area contributed by atoms with Crippen LogP contribution in [0.4, 0.5) is 18.9 Å². The molecular weight excluding hydrogens is 443 g/mol. The predicted octanol–water partition coefficient (Wildman–Crippen LogP) is 2.37. The quantitative estimate of drug-likeness (QED) is 0.498. The van der Waals surface area contributed by atoms with Gasteiger partial charge >= 0.3 is 6.18 Å². The van der Waals surface area contributed by atoms with Crippen LogP contribution in [0.2, 0.25) is 0 Å². The van der Waals surface area contributed by atoms with Gasteiger partial charge in [-0.25, -0.2) is 4.68 Å². The number of methoxy groups -OCH3 is 1. The van der Waals surface area contributed by atoms with Crippen LogP contribution in [0.3, 0.4) is 0 Å². The molecular formula is C21H18F3N5O4. The van der Waals surface area contributed by atoms with Gasteiger partial charge in [-0.3, -0.25) is 14.4 Å². The maximum atomic E-state index is 13.0. The van der Waals surface area contributed by atoms with Crippen molar-refractivity contribution in [3.05, 3.63) is 71.5 Å². The number of carbonyl (C=O) groups is 3. The molecule has 1 heterocycles. The maximum absolute atomic E-state index is 13.0. The molecule has 9 nitrogen and oxygen atoms in total. The van der Waals surface area contributed by atoms with Crippen LogP contribution in [-0.2, 0) is 11.0 Å². The molecule has 0 aliphatic rings. The van der Waals surface area contributed by atoms with E-state index in [1.54, 1.807) is 0 Å². The van der Waals surface area contributed by atoms with Crippen LogP contribution in [0, 0.1) is 0 Å². The molecule has 4 N–H and O–H groups in total. The normalized spacial score (nSPS) is 11.0. The van der Waals surface area contributed by atoms with E-state index >= 15 is 0 Å². The van der Waals surface area contributed by atoms with E-state index in [-0.39, 0.29) is 34.9 Å². The van der Waals surface area contributed by atoms with Gasteiger partial charge in [-0.15, -0.1) is 0 Å². The van der Waals surface area contributed by atoms with Crippen molar-refractivity contribution < 1.29 is 32.3 Å². The second-order valence-corrected chi connectivity index (χ2v) is 6.72. The van der Waals surface area contributed by atoms with Crippen molar-refractivity contribution in [1.82, 2.24) is 15.1 Å². The molecule has 0 saturated carbocycles. The van der Waals surface area contributed by atoms with Crippen LogP contribution < -0.4 is 21.1 Å². The lowest BCUT2D eigenvalue weighted by Crippen LogP contribution is -2.33. The van der Waals surface area contributed by atoms with Crippen molar-refractivity contribution in [1.29, 1.82) is 0 Å². The third kappa shape index (κ3) is 5.67. The first-order chi connectivity index (χ1) is 15.6. The molecule has 0 bridgehead atoms. The summed E-state index contributed by atoms with van der Waals surface area (Å²) in [6, 6.07) is 10.3. The third-order valence-corrected chi connectivity index (χ3v) is 4.36. The highest BCUT2D eigenvalue weighted by Crippen LogP contribution is 2.31. The fourth-order valence-corrected chi connectivity index (χ4v) is 2.82. The summed E-state index contributed by atoms with van der Waals surface area (Å²) in [5.41, 5.74) is 4.42. The average Bonchev–Trinajstić information content (AvgIpc) is 3.22. The summed E-state index contributed by atoms with van der Waals surface area (Å²) in [5.74, 6) is -1.97. The first-order valence-electron chi connectivity index (χ1n) is 9.37. The Morgan fingerprint density at radius 2 is 1.82 bits per heavy atom. The number of hydrogen-bond acceptors (Lipinski definition) is 5. The van der Waals surface area contributed by atoms with Crippen LogP contribution in [0.1, 0.15) is 26.4 Å². The lowest BCUT2D eigenvalue weighted by Gasteiger charge is -2.08. The zero-order valence-electron chi connectivity index (χ0n) is 17.1. The lowest BCUT2D eigenvalue weighted by molar-refractivity contribution is -0.137. The Balaban J connectivity index is 1.83. The molecule has 0 fully saturated rings. The molecule has 3 rings (SSSR count). The number of nitrogens with one attached hydrogen (secondary N) is 2. The van der Waals surface area contributed by atoms with Gasteiger partial charge in [0.05, 0.1) is 31.1 Å². The van der Waals surface area contributed by atoms with Crippen LogP contribution in [0.5, 0.6) is 5.75 Å². The maximum Gasteiger partial charge on any atom is 0.416 e. The van der Waals surface area contributed by atoms with E-state index in [0.717, 1.165) is 16.8 Å². The van der Waals surface area contributed by atoms with Crippen molar-refractivity contribution >= 4 is 23.4 Å². The van der Waals surface area contributed by atoms with Gasteiger partial charge in [0.2, 0.25) is 5.91 Å². The highest BCUT2D eigenvalue weighted by atomic mass is 19.4. The number of nitrogens with zero attached hydrogens (tertiary/aromatic N) is 2. The van der Waals surface area contributed by atoms with Gasteiger partial charge in [0.25, 0.3) is 11.8 Å². The standard InChI is InChI=1S/C21H18F3N5O4/c1-33-16-11-29(15-7-3-5-13(9-15)21(22,23)24)28-18(16)20(32)27-14-6-2-4-12(8-14)19(31)26-10-17(25)30/h2-9,11H,10H2,1H3,(H2,25,30)(H,26,31)(H,27,32). The highest BCUT2D eigenvalue weighted by molar-refractivity contribution is 6.05. The van der Waals surface area contributed by atoms with Crippen molar-refractivity contribution in [2.45, 2.75) is 6.18 Å². The Kier molecular flexibility index (Phi) is 6.66. The van der Waals surface area contributed by atoms with E-state index in [0.29, 0.717) is 0 Å². The Morgan fingerprint density at radius 3 is 2.48 bits per heavy atom. The Labute approximate surface area is 185 Å². The van der Waals surface area contributed by atoms with E-state index in [1.165, 1.54) is 49.7 Å². The number of nitrogens with two attached hydrogens (primary N) is 1. The number of hydrogen-bond donors (Lipinski definition) is 3. The van der Waals surface area contributed by atoms with E-state index in [1.807, 2.05) is 0 Å². The molecule has 12 heteroatoms. The minimum atomic E-state index is -4.54. The molecule has 0 saturated heterocycles. The molecule has 0 radical (unpaired) electrons. The molecule has 172 valence electrons. The summed E-state index contributed by atoms with van der Waals surface area (Å²) < 4.78 is 45.3. The van der Waals surface area contributed by atoms with Crippen molar-refractivity contribution in [2.24, 2.45) is 5.73 Å². The number of rotatable bonds is 7. The highest BCUT2D eigenvalue weighted by Gasteiger charge is 2.30. The van der Waals surface area contributed by atoms with Crippen LogP contribution in [-0.4, -0.2) is 41.2 Å². The molecule has 2 aromatic carbocycles. The fourth-order valence-electron chi connectivity index (χ4n) is 2.82. The monoisotopic (exact) mass is 461 g/mol. The number of anilines is 1. The number of halogens is 3. The number of ether oxygens (including phenoxy) is 1. The molecule has 1 aromatic heterocycles. The van der Waals surface area contributed by atoms with Gasteiger partial charge < -0.3 is 21.1 Å². The topological polar surface area (TPSA) is 128 Å². The van der Waals surface area contributed by atoms with E-state index in [9.17, 15) is 27.6 Å². The summed E-state index contributed by atoms with van der Waals surface area (Å²) in [4.78, 5) is 35.6. The second kappa shape index (κ2) is 9.42. The minimum Gasteiger partial charge on any atom is -0.493 e. The molecule has 33 heavy (non-hydrogen) atoms. The molecule has 3 amide bonds. The summed E-state index contributed by atoms with van der Waals surface area (Å²) in [7, 11) is 1.29. The third-order valence-electron chi connectivity index (χ3n) is 4.36. The molecule has 0 atom stereocenters. The lowest BCUT2D eigenvalue weighted by atomic mass is 10.2. The first-order valence-corrected chi connectivity index (χ1v) is 9.37. The van der Waals surface area contributed by atoms with Gasteiger partial charge in [0.1, 0.15) is 0 Å². The summed E-state index contributed by atoms with van der Waals surface area (Å²) in [5, 5.41) is 8.93. The van der Waals surface area contributed by atoms with Gasteiger partial charge in [-0.2, -0.15) is 18.3 Å². The number of alkyl halides is 3. The van der Waals surface area contributed by atoms with Crippen LogP contribution in [0.15, 0.2) is 54.7 Å². The number of benzene rings is 2. The van der Waals surface area contributed by atoms with Crippen LogP contribution >= 0.6 is 0 Å². The van der Waals surface area contributed by atoms with E-state index in [2.05, 4.69) is 15.7 Å². The molecule has 3 aromatic rings. The van der Waals surface area contributed by atoms with Crippen molar-refractivity contribution in [2.75, 3.05) is 19.0 Å². The molecule has 0 aliphatic heterocycles. The largest absolute Gasteiger partial charge is 0.493 e. The summed E-state index contributed by atoms with van der Waals surface area (Å²) in [6.07, 6.45) is -3.26. The van der Waals surface area contributed by atoms with Gasteiger partial charge in [-0.1, -0.05) is 12.1 Å². The zero-order valence-corrected chi connectivity index (χ0v) is 17.1. The van der Waals surface area contributed by atoms with Gasteiger partial charge in [0.15, 0.2) is 11.4 Å². The number of amides is 3. The average molecular weight is 461 g/mol. The van der Waals surface area contributed by atoms with Gasteiger partial charge in [-0.05, 0) is 36.4 Å². The smallest absolute Gasteiger partial charge is 0.416 e. The first kappa shape index (κ1) is 23.3. The predicted molar refractivity (Wildman–Crippen MR) is 111 cm³/mol. The number of primary amides is 1. The molecule has 0 spiro atoms.